The fourth-order valence-electron chi connectivity index (χ4n) is 1.41. The highest BCUT2D eigenvalue weighted by Gasteiger charge is 2.32. The van der Waals surface area contributed by atoms with Gasteiger partial charge in [-0.2, -0.15) is 13.2 Å². The number of hydrogen-bond donors (Lipinski definition) is 3. The molecule has 0 saturated heterocycles. The predicted octanol–water partition coefficient (Wildman–Crippen LogP) is 2.48. The molecule has 0 spiro atoms. The highest BCUT2D eigenvalue weighted by molar-refractivity contribution is 5.88. The van der Waals surface area contributed by atoms with Crippen molar-refractivity contribution in [1.82, 2.24) is 10.3 Å². The number of nitrogens with one attached hydrogen (secondary N) is 2. The molecule has 6 nitrogen and oxygen atoms in total. The van der Waals surface area contributed by atoms with Gasteiger partial charge in [-0.05, 0) is 25.0 Å². The lowest BCUT2D eigenvalue weighted by atomic mass is 10.2. The van der Waals surface area contributed by atoms with Crippen LogP contribution in [-0.4, -0.2) is 28.6 Å². The Bertz CT molecular complexity index is 489. The highest BCUT2D eigenvalue weighted by atomic mass is 19.4. The van der Waals surface area contributed by atoms with Gasteiger partial charge >= 0.3 is 18.2 Å². The Balaban J connectivity index is 2.33. The van der Waals surface area contributed by atoms with Crippen molar-refractivity contribution in [2.45, 2.75) is 25.4 Å². The Morgan fingerprint density at radius 3 is 2.48 bits per heavy atom. The zero-order valence-electron chi connectivity index (χ0n) is 10.9. The number of carboxylic acids is 1. The predicted molar refractivity (Wildman–Crippen MR) is 67.7 cm³/mol. The van der Waals surface area contributed by atoms with E-state index in [4.69, 9.17) is 5.11 Å². The van der Waals surface area contributed by atoms with Gasteiger partial charge in [-0.15, -0.1) is 0 Å². The zero-order valence-corrected chi connectivity index (χ0v) is 10.9. The van der Waals surface area contributed by atoms with Crippen LogP contribution in [0, 0.1) is 0 Å². The molecule has 0 aliphatic heterocycles. The summed E-state index contributed by atoms with van der Waals surface area (Å²) in [4.78, 5) is 24.9. The lowest BCUT2D eigenvalue weighted by Gasteiger charge is -2.09. The quantitative estimate of drug-likeness (QED) is 0.704. The molecule has 21 heavy (non-hydrogen) atoms. The van der Waals surface area contributed by atoms with E-state index < -0.39 is 23.9 Å². The van der Waals surface area contributed by atoms with Gasteiger partial charge in [0.1, 0.15) is 5.69 Å². The van der Waals surface area contributed by atoms with Gasteiger partial charge in [-0.3, -0.25) is 4.79 Å². The molecule has 2 amide bonds. The first-order valence-corrected chi connectivity index (χ1v) is 6.09. The number of hydrogen-bond acceptors (Lipinski definition) is 3. The third-order valence-electron chi connectivity index (χ3n) is 2.41. The number of halogens is 3. The summed E-state index contributed by atoms with van der Waals surface area (Å²) in [6.45, 7) is 0.271. The minimum Gasteiger partial charge on any atom is -0.481 e. The monoisotopic (exact) mass is 305 g/mol. The molecule has 1 aromatic heterocycles. The molecule has 0 bridgehead atoms. The number of carbonyl (C=O) groups is 2. The third kappa shape index (κ3) is 6.59. The number of carboxylic acid groups (broad SMARTS) is 1. The molecule has 0 aliphatic rings. The van der Waals surface area contributed by atoms with Crippen LogP contribution in [0.15, 0.2) is 18.3 Å². The van der Waals surface area contributed by atoms with Crippen LogP contribution in [0.4, 0.5) is 23.7 Å². The van der Waals surface area contributed by atoms with Gasteiger partial charge in [0, 0.05) is 13.0 Å². The first-order valence-electron chi connectivity index (χ1n) is 6.09. The van der Waals surface area contributed by atoms with Gasteiger partial charge in [0.2, 0.25) is 0 Å². The molecule has 9 heteroatoms. The Kier molecular flexibility index (Phi) is 5.94. The van der Waals surface area contributed by atoms with Gasteiger partial charge in [0.15, 0.2) is 0 Å². The van der Waals surface area contributed by atoms with Gasteiger partial charge in [0.05, 0.1) is 11.9 Å². The number of carbonyl (C=O) groups excluding carboxylic acids is 1. The summed E-state index contributed by atoms with van der Waals surface area (Å²) >= 11 is 0. The SMILES string of the molecule is O=C(O)CCCCNC(=O)Nc1ccc(C(F)(F)F)nc1. The number of alkyl halides is 3. The third-order valence-corrected chi connectivity index (χ3v) is 2.41. The molecular formula is C12H14F3N3O3. The number of aromatic nitrogens is 1. The molecule has 0 saturated carbocycles. The number of nitrogens with zero attached hydrogens (tertiary/aromatic N) is 1. The number of rotatable bonds is 6. The van der Waals surface area contributed by atoms with Crippen LogP contribution in [-0.2, 0) is 11.0 Å². The van der Waals surface area contributed by atoms with Crippen LogP contribution in [0.5, 0.6) is 0 Å². The molecule has 0 unspecified atom stereocenters. The lowest BCUT2D eigenvalue weighted by molar-refractivity contribution is -0.141. The molecule has 116 valence electrons. The number of pyridine rings is 1. The van der Waals surface area contributed by atoms with E-state index in [-0.39, 0.29) is 18.7 Å². The second kappa shape index (κ2) is 7.46. The molecule has 0 atom stereocenters. The lowest BCUT2D eigenvalue weighted by Crippen LogP contribution is -2.29. The molecular weight excluding hydrogens is 291 g/mol. The fraction of sp³-hybridized carbons (Fsp3) is 0.417. The Labute approximate surface area is 118 Å². The Hall–Kier alpha value is -2.32. The fourth-order valence-corrected chi connectivity index (χ4v) is 1.41. The molecule has 0 fully saturated rings. The summed E-state index contributed by atoms with van der Waals surface area (Å²) in [6, 6.07) is 1.27. The molecule has 0 aliphatic carbocycles. The second-order valence-electron chi connectivity index (χ2n) is 4.16. The van der Waals surface area contributed by atoms with E-state index in [1.165, 1.54) is 0 Å². The first-order chi connectivity index (χ1) is 9.79. The molecule has 1 rings (SSSR count). The Morgan fingerprint density at radius 1 is 1.24 bits per heavy atom. The van der Waals surface area contributed by atoms with Crippen molar-refractivity contribution >= 4 is 17.7 Å². The van der Waals surface area contributed by atoms with Crippen molar-refractivity contribution in [3.8, 4) is 0 Å². The largest absolute Gasteiger partial charge is 0.481 e. The van der Waals surface area contributed by atoms with Crippen molar-refractivity contribution < 1.29 is 27.9 Å². The molecule has 3 N–H and O–H groups in total. The van der Waals surface area contributed by atoms with Crippen molar-refractivity contribution in [1.29, 1.82) is 0 Å². The van der Waals surface area contributed by atoms with E-state index in [2.05, 4.69) is 15.6 Å². The molecule has 0 radical (unpaired) electrons. The number of urea groups is 1. The number of aliphatic carboxylic acids is 1. The van der Waals surface area contributed by atoms with E-state index in [9.17, 15) is 22.8 Å². The van der Waals surface area contributed by atoms with Crippen molar-refractivity contribution in [2.75, 3.05) is 11.9 Å². The van der Waals surface area contributed by atoms with Gasteiger partial charge < -0.3 is 15.7 Å². The van der Waals surface area contributed by atoms with Crippen molar-refractivity contribution in [3.05, 3.63) is 24.0 Å². The van der Waals surface area contributed by atoms with Crippen LogP contribution in [0.3, 0.4) is 0 Å². The average Bonchev–Trinajstić information content (AvgIpc) is 2.37. The maximum atomic E-state index is 12.3. The summed E-state index contributed by atoms with van der Waals surface area (Å²) in [6.07, 6.45) is -2.67. The van der Waals surface area contributed by atoms with E-state index in [0.29, 0.717) is 12.8 Å². The number of amides is 2. The highest BCUT2D eigenvalue weighted by Crippen LogP contribution is 2.27. The van der Waals surface area contributed by atoms with Crippen LogP contribution in [0.25, 0.3) is 0 Å². The second-order valence-corrected chi connectivity index (χ2v) is 4.16. The Morgan fingerprint density at radius 2 is 1.95 bits per heavy atom. The summed E-state index contributed by atoms with van der Waals surface area (Å²) < 4.78 is 36.8. The standard InChI is InChI=1S/C12H14F3N3O3/c13-12(14,15)9-5-4-8(7-17-9)18-11(21)16-6-2-1-3-10(19)20/h4-5,7H,1-3,6H2,(H,19,20)(H2,16,18,21). The molecule has 0 aromatic carbocycles. The van der Waals surface area contributed by atoms with Crippen LogP contribution >= 0.6 is 0 Å². The van der Waals surface area contributed by atoms with Crippen LogP contribution in [0.1, 0.15) is 25.0 Å². The normalized spacial score (nSPS) is 11.0. The minimum absolute atomic E-state index is 0.0200. The topological polar surface area (TPSA) is 91.3 Å². The first kappa shape index (κ1) is 16.7. The van der Waals surface area contributed by atoms with E-state index >= 15 is 0 Å². The summed E-state index contributed by atoms with van der Waals surface area (Å²) in [5, 5.41) is 13.2. The van der Waals surface area contributed by atoms with Crippen molar-refractivity contribution in [3.63, 3.8) is 0 Å². The molecule has 1 aromatic rings. The van der Waals surface area contributed by atoms with E-state index in [1.54, 1.807) is 0 Å². The smallest absolute Gasteiger partial charge is 0.433 e. The van der Waals surface area contributed by atoms with Gasteiger partial charge in [-0.25, -0.2) is 9.78 Å². The van der Waals surface area contributed by atoms with Crippen LogP contribution in [0.2, 0.25) is 0 Å². The van der Waals surface area contributed by atoms with Crippen molar-refractivity contribution in [2.24, 2.45) is 0 Å². The number of anilines is 1. The molecule has 1 heterocycles. The zero-order chi connectivity index (χ0) is 15.9. The van der Waals surface area contributed by atoms with Gasteiger partial charge in [-0.1, -0.05) is 0 Å². The average molecular weight is 305 g/mol. The maximum absolute atomic E-state index is 12.3. The van der Waals surface area contributed by atoms with Crippen LogP contribution < -0.4 is 10.6 Å². The van der Waals surface area contributed by atoms with E-state index in [0.717, 1.165) is 18.3 Å². The minimum atomic E-state index is -4.52. The number of unbranched alkanes of at least 4 members (excludes halogenated alkanes) is 1. The summed E-state index contributed by atoms with van der Waals surface area (Å²) in [7, 11) is 0. The summed E-state index contributed by atoms with van der Waals surface area (Å²) in [5.41, 5.74) is -0.909. The van der Waals surface area contributed by atoms with E-state index in [1.807, 2.05) is 0 Å². The maximum Gasteiger partial charge on any atom is 0.433 e. The summed E-state index contributed by atoms with van der Waals surface area (Å²) in [5.74, 6) is -0.907. The van der Waals surface area contributed by atoms with Gasteiger partial charge in [0.25, 0.3) is 0 Å².